The summed E-state index contributed by atoms with van der Waals surface area (Å²) in [7, 11) is 0. The Labute approximate surface area is 109 Å². The molecule has 1 saturated carbocycles. The fraction of sp³-hybridized carbons (Fsp3) is 0.786. The van der Waals surface area contributed by atoms with Crippen LogP contribution in [-0.4, -0.2) is 33.2 Å². The third kappa shape index (κ3) is 3.12. The van der Waals surface area contributed by atoms with Crippen LogP contribution in [0.4, 0.5) is 0 Å². The lowest BCUT2D eigenvalue weighted by Gasteiger charge is -2.24. The second-order valence-corrected chi connectivity index (χ2v) is 5.88. The van der Waals surface area contributed by atoms with E-state index in [4.69, 9.17) is 0 Å². The predicted octanol–water partition coefficient (Wildman–Crippen LogP) is 1.92. The van der Waals surface area contributed by atoms with Gasteiger partial charge >= 0.3 is 0 Å². The Morgan fingerprint density at radius 3 is 2.56 bits per heavy atom. The van der Waals surface area contributed by atoms with Gasteiger partial charge in [0.15, 0.2) is 0 Å². The Hall–Kier alpha value is -0.870. The molecule has 4 nitrogen and oxygen atoms in total. The van der Waals surface area contributed by atoms with E-state index in [1.807, 2.05) is 19.2 Å². The number of hydrogen-bond acceptors (Lipinski definition) is 3. The van der Waals surface area contributed by atoms with Crippen LogP contribution in [-0.2, 0) is 6.42 Å². The SMILES string of the molecule is CC(CO)(CO)Cc1ccn(C2CCCCC2)n1. The van der Waals surface area contributed by atoms with E-state index < -0.39 is 5.41 Å². The smallest absolute Gasteiger partial charge is 0.0631 e. The molecule has 0 unspecified atom stereocenters. The molecular weight excluding hydrogens is 228 g/mol. The quantitative estimate of drug-likeness (QED) is 0.841. The summed E-state index contributed by atoms with van der Waals surface area (Å²) in [6.45, 7) is 1.85. The second kappa shape index (κ2) is 5.85. The summed E-state index contributed by atoms with van der Waals surface area (Å²) in [5.74, 6) is 0. The highest BCUT2D eigenvalue weighted by Crippen LogP contribution is 2.28. The summed E-state index contributed by atoms with van der Waals surface area (Å²) in [5.41, 5.74) is 0.498. The first-order valence-corrected chi connectivity index (χ1v) is 6.93. The number of aliphatic hydroxyl groups excluding tert-OH is 2. The standard InChI is InChI=1S/C14H24N2O2/c1-14(10-17,11-18)9-12-7-8-16(15-12)13-5-3-2-4-6-13/h7-8,13,17-18H,2-6,9-11H2,1H3. The largest absolute Gasteiger partial charge is 0.396 e. The van der Waals surface area contributed by atoms with Crippen LogP contribution >= 0.6 is 0 Å². The summed E-state index contributed by atoms with van der Waals surface area (Å²) < 4.78 is 2.07. The van der Waals surface area contributed by atoms with Gasteiger partial charge < -0.3 is 10.2 Å². The van der Waals surface area contributed by atoms with Crippen LogP contribution in [0.3, 0.4) is 0 Å². The van der Waals surface area contributed by atoms with E-state index in [1.165, 1.54) is 32.1 Å². The fourth-order valence-corrected chi connectivity index (χ4v) is 2.62. The molecule has 0 bridgehead atoms. The van der Waals surface area contributed by atoms with Gasteiger partial charge in [-0.25, -0.2) is 0 Å². The highest BCUT2D eigenvalue weighted by Gasteiger charge is 2.24. The molecule has 4 heteroatoms. The summed E-state index contributed by atoms with van der Waals surface area (Å²) in [4.78, 5) is 0. The first-order valence-electron chi connectivity index (χ1n) is 6.93. The molecule has 0 amide bonds. The molecule has 2 rings (SSSR count). The lowest BCUT2D eigenvalue weighted by atomic mass is 9.87. The minimum atomic E-state index is -0.467. The van der Waals surface area contributed by atoms with Crippen molar-refractivity contribution in [1.82, 2.24) is 9.78 Å². The maximum absolute atomic E-state index is 9.31. The van der Waals surface area contributed by atoms with E-state index in [1.54, 1.807) is 0 Å². The molecule has 1 aromatic heterocycles. The Balaban J connectivity index is 2.01. The van der Waals surface area contributed by atoms with Crippen molar-refractivity contribution in [3.05, 3.63) is 18.0 Å². The van der Waals surface area contributed by atoms with Crippen LogP contribution in [0.5, 0.6) is 0 Å². The minimum Gasteiger partial charge on any atom is -0.396 e. The number of rotatable bonds is 5. The van der Waals surface area contributed by atoms with E-state index in [-0.39, 0.29) is 13.2 Å². The number of aliphatic hydroxyl groups is 2. The average Bonchev–Trinajstić information content (AvgIpc) is 2.88. The molecule has 1 aliphatic rings. The molecule has 18 heavy (non-hydrogen) atoms. The lowest BCUT2D eigenvalue weighted by Crippen LogP contribution is -2.29. The van der Waals surface area contributed by atoms with Gasteiger partial charge in [0.05, 0.1) is 24.9 Å². The van der Waals surface area contributed by atoms with Gasteiger partial charge in [0.2, 0.25) is 0 Å². The fourth-order valence-electron chi connectivity index (χ4n) is 2.62. The average molecular weight is 252 g/mol. The molecule has 0 saturated heterocycles. The normalized spacial score (nSPS) is 18.2. The van der Waals surface area contributed by atoms with E-state index in [0.29, 0.717) is 12.5 Å². The van der Waals surface area contributed by atoms with Crippen LogP contribution in [0.1, 0.15) is 50.8 Å². The van der Waals surface area contributed by atoms with Gasteiger partial charge in [-0.15, -0.1) is 0 Å². The Kier molecular flexibility index (Phi) is 4.40. The number of hydrogen-bond donors (Lipinski definition) is 2. The molecule has 1 heterocycles. The zero-order valence-corrected chi connectivity index (χ0v) is 11.2. The highest BCUT2D eigenvalue weighted by molar-refractivity contribution is 5.03. The first kappa shape index (κ1) is 13.6. The summed E-state index contributed by atoms with van der Waals surface area (Å²) in [5, 5.41) is 23.2. The van der Waals surface area contributed by atoms with Crippen molar-refractivity contribution in [2.45, 2.75) is 51.5 Å². The minimum absolute atomic E-state index is 0.0141. The molecule has 1 fully saturated rings. The molecular formula is C14H24N2O2. The van der Waals surface area contributed by atoms with Gasteiger partial charge in [-0.2, -0.15) is 5.10 Å². The third-order valence-corrected chi connectivity index (χ3v) is 3.98. The van der Waals surface area contributed by atoms with E-state index in [0.717, 1.165) is 5.69 Å². The monoisotopic (exact) mass is 252 g/mol. The van der Waals surface area contributed by atoms with Crippen molar-refractivity contribution in [2.75, 3.05) is 13.2 Å². The molecule has 0 spiro atoms. The van der Waals surface area contributed by atoms with Crippen molar-refractivity contribution >= 4 is 0 Å². The van der Waals surface area contributed by atoms with E-state index in [2.05, 4.69) is 9.78 Å². The van der Waals surface area contributed by atoms with Crippen LogP contribution in [0, 0.1) is 5.41 Å². The van der Waals surface area contributed by atoms with Crippen molar-refractivity contribution in [3.63, 3.8) is 0 Å². The molecule has 1 aliphatic carbocycles. The maximum atomic E-state index is 9.31. The van der Waals surface area contributed by atoms with Crippen LogP contribution in [0.2, 0.25) is 0 Å². The van der Waals surface area contributed by atoms with Crippen molar-refractivity contribution in [3.8, 4) is 0 Å². The van der Waals surface area contributed by atoms with Gasteiger partial charge in [0.1, 0.15) is 0 Å². The molecule has 0 atom stereocenters. The molecule has 2 N–H and O–H groups in total. The van der Waals surface area contributed by atoms with Crippen LogP contribution in [0.25, 0.3) is 0 Å². The van der Waals surface area contributed by atoms with E-state index in [9.17, 15) is 10.2 Å². The van der Waals surface area contributed by atoms with Crippen LogP contribution < -0.4 is 0 Å². The van der Waals surface area contributed by atoms with Gasteiger partial charge in [0, 0.05) is 18.0 Å². The summed E-state index contributed by atoms with van der Waals surface area (Å²) in [6.07, 6.45) is 9.05. The zero-order chi connectivity index (χ0) is 13.0. The topological polar surface area (TPSA) is 58.3 Å². The first-order chi connectivity index (χ1) is 8.67. The lowest BCUT2D eigenvalue weighted by molar-refractivity contribution is 0.0693. The molecule has 0 aromatic carbocycles. The van der Waals surface area contributed by atoms with Crippen molar-refractivity contribution < 1.29 is 10.2 Å². The Morgan fingerprint density at radius 1 is 1.28 bits per heavy atom. The summed E-state index contributed by atoms with van der Waals surface area (Å²) >= 11 is 0. The molecule has 102 valence electrons. The molecule has 0 radical (unpaired) electrons. The van der Waals surface area contributed by atoms with Crippen molar-refractivity contribution in [1.29, 1.82) is 0 Å². The van der Waals surface area contributed by atoms with Crippen molar-refractivity contribution in [2.24, 2.45) is 5.41 Å². The zero-order valence-electron chi connectivity index (χ0n) is 11.2. The molecule has 1 aromatic rings. The maximum Gasteiger partial charge on any atom is 0.0631 e. The van der Waals surface area contributed by atoms with Gasteiger partial charge in [0.25, 0.3) is 0 Å². The van der Waals surface area contributed by atoms with Crippen LogP contribution in [0.15, 0.2) is 12.3 Å². The number of aromatic nitrogens is 2. The van der Waals surface area contributed by atoms with Gasteiger partial charge in [-0.05, 0) is 18.9 Å². The third-order valence-electron chi connectivity index (χ3n) is 3.98. The number of nitrogens with zero attached hydrogens (tertiary/aromatic N) is 2. The van der Waals surface area contributed by atoms with Gasteiger partial charge in [-0.1, -0.05) is 26.2 Å². The second-order valence-electron chi connectivity index (χ2n) is 5.88. The highest BCUT2D eigenvalue weighted by atomic mass is 16.3. The van der Waals surface area contributed by atoms with Gasteiger partial charge in [-0.3, -0.25) is 4.68 Å². The summed E-state index contributed by atoms with van der Waals surface area (Å²) in [6, 6.07) is 2.56. The predicted molar refractivity (Wildman–Crippen MR) is 70.3 cm³/mol. The van der Waals surface area contributed by atoms with E-state index >= 15 is 0 Å². The Morgan fingerprint density at radius 2 is 1.94 bits per heavy atom. The Bertz CT molecular complexity index is 366. The molecule has 0 aliphatic heterocycles.